The van der Waals surface area contributed by atoms with E-state index in [4.69, 9.17) is 9.47 Å². The van der Waals surface area contributed by atoms with Crippen LogP contribution in [0.3, 0.4) is 0 Å². The van der Waals surface area contributed by atoms with E-state index in [2.05, 4.69) is 39.3 Å². The quantitative estimate of drug-likeness (QED) is 0.415. The van der Waals surface area contributed by atoms with Gasteiger partial charge in [0.05, 0.1) is 14.2 Å². The van der Waals surface area contributed by atoms with Gasteiger partial charge in [0.15, 0.2) is 17.0 Å². The molecule has 1 atom stereocenters. The van der Waals surface area contributed by atoms with E-state index in [0.717, 1.165) is 36.5 Å². The number of carbonyl (C=O) groups is 3. The van der Waals surface area contributed by atoms with E-state index in [9.17, 15) is 14.4 Å². The third-order valence-electron chi connectivity index (χ3n) is 7.40. The molecule has 11 heteroatoms. The largest absolute Gasteiger partial charge is 0.497 e. The molecule has 0 aliphatic carbocycles. The second kappa shape index (κ2) is 10.9. The number of imide groups is 1. The van der Waals surface area contributed by atoms with Gasteiger partial charge >= 0.3 is 6.03 Å². The molecule has 204 valence electrons. The van der Waals surface area contributed by atoms with Crippen LogP contribution in [0.2, 0.25) is 0 Å². The van der Waals surface area contributed by atoms with Gasteiger partial charge in [-0.3, -0.25) is 19.8 Å². The second-order valence-electron chi connectivity index (χ2n) is 9.82. The Morgan fingerprint density at radius 2 is 1.79 bits per heavy atom. The molecule has 4 amide bonds. The monoisotopic (exact) mass is 532 g/mol. The van der Waals surface area contributed by atoms with E-state index in [1.54, 1.807) is 24.1 Å². The Morgan fingerprint density at radius 1 is 1.03 bits per heavy atom. The second-order valence-corrected chi connectivity index (χ2v) is 9.82. The van der Waals surface area contributed by atoms with Gasteiger partial charge in [-0.25, -0.2) is 9.78 Å². The standard InChI is InChI=1S/C28H32N6O5/c1-4-32-11-13-34(14-12-32)25(35)23-7-8-24(39-3)22(29-23)9-10-28(26(36)30-27(37)31-28)18-33-16-19-5-6-21(38-2)15-20(19)17-33/h5-8,15H,4,11-14,16-18H2,1-3H3,(H2,30,31,36,37)/t28-/m1/s1. The molecule has 2 saturated heterocycles. The van der Waals surface area contributed by atoms with Crippen molar-refractivity contribution in [1.82, 2.24) is 30.3 Å². The van der Waals surface area contributed by atoms with Gasteiger partial charge in [-0.1, -0.05) is 18.9 Å². The summed E-state index contributed by atoms with van der Waals surface area (Å²) in [5.74, 6) is 6.33. The average Bonchev–Trinajstić information content (AvgIpc) is 3.48. The molecule has 0 unspecified atom stereocenters. The topological polar surface area (TPSA) is 116 Å². The van der Waals surface area contributed by atoms with E-state index in [1.165, 1.54) is 7.11 Å². The van der Waals surface area contributed by atoms with Crippen molar-refractivity contribution in [2.75, 3.05) is 53.5 Å². The predicted molar refractivity (Wildman–Crippen MR) is 142 cm³/mol. The Balaban J connectivity index is 1.40. The number of aromatic nitrogens is 1. The van der Waals surface area contributed by atoms with Gasteiger partial charge in [0, 0.05) is 45.8 Å². The minimum atomic E-state index is -1.49. The number of fused-ring (bicyclic) bond motifs is 1. The molecular weight excluding hydrogens is 500 g/mol. The highest BCUT2D eigenvalue weighted by molar-refractivity contribution is 6.09. The molecule has 0 saturated carbocycles. The minimum Gasteiger partial charge on any atom is -0.497 e. The number of rotatable bonds is 6. The highest BCUT2D eigenvalue weighted by Gasteiger charge is 2.47. The fraction of sp³-hybridized carbons (Fsp3) is 0.429. The maximum atomic E-state index is 13.2. The van der Waals surface area contributed by atoms with Crippen molar-refractivity contribution in [2.24, 2.45) is 0 Å². The van der Waals surface area contributed by atoms with Crippen molar-refractivity contribution in [3.8, 4) is 23.3 Å². The van der Waals surface area contributed by atoms with Crippen LogP contribution in [0, 0.1) is 11.8 Å². The zero-order chi connectivity index (χ0) is 27.6. The molecule has 39 heavy (non-hydrogen) atoms. The highest BCUT2D eigenvalue weighted by atomic mass is 16.5. The van der Waals surface area contributed by atoms with E-state index >= 15 is 0 Å². The Hall–Kier alpha value is -4.14. The molecule has 2 aromatic rings. The van der Waals surface area contributed by atoms with Crippen molar-refractivity contribution < 1.29 is 23.9 Å². The van der Waals surface area contributed by atoms with Crippen LogP contribution in [0.5, 0.6) is 11.5 Å². The Morgan fingerprint density at radius 3 is 2.46 bits per heavy atom. The number of carbonyl (C=O) groups excluding carboxylic acids is 3. The summed E-state index contributed by atoms with van der Waals surface area (Å²) in [5, 5.41) is 5.02. The lowest BCUT2D eigenvalue weighted by Gasteiger charge is -2.33. The molecule has 0 bridgehead atoms. The zero-order valence-corrected chi connectivity index (χ0v) is 22.4. The molecule has 1 aromatic carbocycles. The fourth-order valence-electron chi connectivity index (χ4n) is 5.16. The molecule has 2 N–H and O–H groups in total. The molecule has 1 aromatic heterocycles. The van der Waals surface area contributed by atoms with Gasteiger partial charge in [-0.15, -0.1) is 0 Å². The van der Waals surface area contributed by atoms with Gasteiger partial charge in [-0.05, 0) is 47.9 Å². The van der Waals surface area contributed by atoms with Gasteiger partial charge < -0.3 is 24.6 Å². The zero-order valence-electron chi connectivity index (χ0n) is 22.4. The fourth-order valence-corrected chi connectivity index (χ4v) is 5.16. The van der Waals surface area contributed by atoms with Crippen LogP contribution < -0.4 is 20.1 Å². The summed E-state index contributed by atoms with van der Waals surface area (Å²) in [6.45, 7) is 7.28. The first kappa shape index (κ1) is 26.5. The maximum Gasteiger partial charge on any atom is 0.323 e. The van der Waals surface area contributed by atoms with Crippen LogP contribution in [-0.2, 0) is 17.9 Å². The SMILES string of the molecule is CCN1CCN(C(=O)c2ccc(OC)c(C#C[C@]3(CN4Cc5ccc(OC)cc5C4)NC(=O)NC3=O)n2)CC1. The first-order valence-electron chi connectivity index (χ1n) is 13.0. The van der Waals surface area contributed by atoms with Crippen LogP contribution in [0.1, 0.15) is 34.2 Å². The molecule has 4 heterocycles. The molecule has 0 spiro atoms. The molecule has 11 nitrogen and oxygen atoms in total. The number of hydrogen-bond acceptors (Lipinski definition) is 8. The first-order valence-corrected chi connectivity index (χ1v) is 13.0. The molecule has 5 rings (SSSR count). The molecule has 3 aliphatic rings. The maximum absolute atomic E-state index is 13.2. The van der Waals surface area contributed by atoms with Crippen LogP contribution in [-0.4, -0.2) is 96.6 Å². The number of benzene rings is 1. The summed E-state index contributed by atoms with van der Waals surface area (Å²) >= 11 is 0. The number of nitrogens with zero attached hydrogens (tertiary/aromatic N) is 4. The normalized spacial score (nSPS) is 21.1. The van der Waals surface area contributed by atoms with Crippen molar-refractivity contribution in [2.45, 2.75) is 25.6 Å². The number of piperazine rings is 1. The summed E-state index contributed by atoms with van der Waals surface area (Å²) in [6, 6.07) is 8.53. The van der Waals surface area contributed by atoms with Crippen molar-refractivity contribution in [3.05, 3.63) is 52.8 Å². The van der Waals surface area contributed by atoms with E-state index < -0.39 is 17.5 Å². The third kappa shape index (κ3) is 5.39. The average molecular weight is 533 g/mol. The Bertz CT molecular complexity index is 1360. The molecule has 0 radical (unpaired) electrons. The first-order chi connectivity index (χ1) is 18.8. The third-order valence-corrected chi connectivity index (χ3v) is 7.40. The van der Waals surface area contributed by atoms with E-state index in [-0.39, 0.29) is 23.8 Å². The van der Waals surface area contributed by atoms with Gasteiger partial charge in [0.2, 0.25) is 0 Å². The summed E-state index contributed by atoms with van der Waals surface area (Å²) in [5.41, 5.74) is 1.20. The van der Waals surface area contributed by atoms with Crippen molar-refractivity contribution in [1.29, 1.82) is 0 Å². The minimum absolute atomic E-state index is 0.164. The number of urea groups is 1. The summed E-state index contributed by atoms with van der Waals surface area (Å²) in [6.07, 6.45) is 0. The van der Waals surface area contributed by atoms with Crippen molar-refractivity contribution >= 4 is 17.8 Å². The van der Waals surface area contributed by atoms with Crippen LogP contribution in [0.4, 0.5) is 4.79 Å². The highest BCUT2D eigenvalue weighted by Crippen LogP contribution is 2.28. The van der Waals surface area contributed by atoms with Gasteiger partial charge in [0.25, 0.3) is 11.8 Å². The molecule has 2 fully saturated rings. The smallest absolute Gasteiger partial charge is 0.323 e. The van der Waals surface area contributed by atoms with Crippen LogP contribution >= 0.6 is 0 Å². The van der Waals surface area contributed by atoms with Crippen LogP contribution in [0.25, 0.3) is 0 Å². The van der Waals surface area contributed by atoms with Gasteiger partial charge in [0.1, 0.15) is 11.4 Å². The van der Waals surface area contributed by atoms with Crippen molar-refractivity contribution in [3.63, 3.8) is 0 Å². The van der Waals surface area contributed by atoms with E-state index in [0.29, 0.717) is 31.9 Å². The Kier molecular flexibility index (Phi) is 7.41. The molecule has 3 aliphatic heterocycles. The number of methoxy groups -OCH3 is 2. The summed E-state index contributed by atoms with van der Waals surface area (Å²) in [7, 11) is 3.11. The van der Waals surface area contributed by atoms with Crippen LogP contribution in [0.15, 0.2) is 30.3 Å². The number of likely N-dealkylation sites (N-methyl/N-ethyl adjacent to an activating group) is 1. The number of ether oxygens (including phenoxy) is 2. The lowest BCUT2D eigenvalue weighted by atomic mass is 9.99. The number of hydrogen-bond donors (Lipinski definition) is 2. The van der Waals surface area contributed by atoms with E-state index in [1.807, 2.05) is 23.1 Å². The number of pyridine rings is 1. The molecular formula is C28H32N6O5. The number of amides is 4. The lowest BCUT2D eigenvalue weighted by Crippen LogP contribution is -2.53. The lowest BCUT2D eigenvalue weighted by molar-refractivity contribution is -0.122. The van der Waals surface area contributed by atoms with Gasteiger partial charge in [-0.2, -0.15) is 0 Å². The summed E-state index contributed by atoms with van der Waals surface area (Å²) in [4.78, 5) is 49.0. The summed E-state index contributed by atoms with van der Waals surface area (Å²) < 4.78 is 10.8. The number of nitrogens with one attached hydrogen (secondary N) is 2. The Labute approximate surface area is 227 Å². The predicted octanol–water partition coefficient (Wildman–Crippen LogP) is 0.822.